The number of aromatic nitrogens is 4. The number of hydrogen-bond donors (Lipinski definition) is 2. The van der Waals surface area contributed by atoms with Crippen LogP contribution in [0.2, 0.25) is 0 Å². The minimum Gasteiger partial charge on any atom is -0.378 e. The molecule has 0 bridgehead atoms. The molecule has 1 amide bonds. The quantitative estimate of drug-likeness (QED) is 0.611. The smallest absolute Gasteiger partial charge is 0.245 e. The molecule has 4 N–H and O–H groups in total. The van der Waals surface area contributed by atoms with Crippen molar-refractivity contribution >= 4 is 23.6 Å². The first-order valence-electron chi connectivity index (χ1n) is 12.0. The number of nitrogens with two attached hydrogens (primary N) is 2. The van der Waals surface area contributed by atoms with Gasteiger partial charge in [0.05, 0.1) is 24.4 Å². The van der Waals surface area contributed by atoms with Gasteiger partial charge in [0.15, 0.2) is 0 Å². The summed E-state index contributed by atoms with van der Waals surface area (Å²) in [5.74, 6) is 1.33. The van der Waals surface area contributed by atoms with Crippen LogP contribution in [0.3, 0.4) is 0 Å². The van der Waals surface area contributed by atoms with Crippen LogP contribution in [-0.4, -0.2) is 94.4 Å². The maximum atomic E-state index is 13.4. The van der Waals surface area contributed by atoms with Gasteiger partial charge in [-0.2, -0.15) is 4.98 Å². The summed E-state index contributed by atoms with van der Waals surface area (Å²) < 4.78 is 18.9. The van der Waals surface area contributed by atoms with E-state index in [9.17, 15) is 9.18 Å². The molecule has 3 aliphatic rings. The van der Waals surface area contributed by atoms with E-state index in [4.69, 9.17) is 26.2 Å². The molecule has 2 fully saturated rings. The van der Waals surface area contributed by atoms with Crippen LogP contribution in [0.5, 0.6) is 0 Å². The maximum absolute atomic E-state index is 13.4. The summed E-state index contributed by atoms with van der Waals surface area (Å²) in [5, 5.41) is 0. The van der Waals surface area contributed by atoms with Gasteiger partial charge in [-0.1, -0.05) is 0 Å². The fraction of sp³-hybridized carbons (Fsp3) is 0.609. The Balaban J connectivity index is 1.52. The number of hydrogen-bond acceptors (Lipinski definition) is 10. The van der Waals surface area contributed by atoms with E-state index in [2.05, 4.69) is 26.7 Å². The Morgan fingerprint density at radius 1 is 1.20 bits per heavy atom. The van der Waals surface area contributed by atoms with E-state index in [-0.39, 0.29) is 17.4 Å². The van der Waals surface area contributed by atoms with E-state index in [1.165, 1.54) is 6.92 Å². The molecule has 2 aromatic rings. The lowest BCUT2D eigenvalue weighted by atomic mass is 9.99. The van der Waals surface area contributed by atoms with Gasteiger partial charge >= 0.3 is 0 Å². The number of ether oxygens (including phenoxy) is 1. The van der Waals surface area contributed by atoms with Crippen LogP contribution in [0.15, 0.2) is 12.4 Å². The lowest BCUT2D eigenvalue weighted by Crippen LogP contribution is -2.56. The number of nitrogen functional groups attached to an aromatic ring is 1. The highest BCUT2D eigenvalue weighted by molar-refractivity contribution is 5.86. The number of amides is 1. The third-order valence-corrected chi connectivity index (χ3v) is 7.21. The van der Waals surface area contributed by atoms with Gasteiger partial charge in [-0.05, 0) is 26.7 Å². The SMILES string of the molecule is CC(N)(CF)C(=O)N1CC[C@](C)(N2CCc3c(-c4cnc(N)nc4)nc(N4CCOCC4)nc32)C1. The van der Waals surface area contributed by atoms with Crippen molar-refractivity contribution in [3.63, 3.8) is 0 Å². The lowest BCUT2D eigenvalue weighted by molar-refractivity contribution is -0.136. The molecule has 188 valence electrons. The van der Waals surface area contributed by atoms with Crippen molar-refractivity contribution in [2.45, 2.75) is 37.8 Å². The Morgan fingerprint density at radius 2 is 1.91 bits per heavy atom. The number of morpholine rings is 1. The Labute approximate surface area is 203 Å². The molecule has 5 rings (SSSR count). The number of halogens is 1. The number of rotatable bonds is 5. The summed E-state index contributed by atoms with van der Waals surface area (Å²) in [7, 11) is 0. The van der Waals surface area contributed by atoms with Crippen LogP contribution in [0.4, 0.5) is 22.1 Å². The van der Waals surface area contributed by atoms with Crippen LogP contribution in [0.25, 0.3) is 11.3 Å². The van der Waals surface area contributed by atoms with Crippen molar-refractivity contribution in [2.75, 3.05) is 68.1 Å². The van der Waals surface area contributed by atoms with Crippen molar-refractivity contribution in [2.24, 2.45) is 5.73 Å². The second-order valence-corrected chi connectivity index (χ2v) is 10.0. The van der Waals surface area contributed by atoms with Crippen LogP contribution in [0.1, 0.15) is 25.8 Å². The van der Waals surface area contributed by atoms with Gasteiger partial charge in [0.2, 0.25) is 17.8 Å². The van der Waals surface area contributed by atoms with E-state index in [1.807, 2.05) is 0 Å². The topological polar surface area (TPSA) is 140 Å². The first-order valence-corrected chi connectivity index (χ1v) is 12.0. The fourth-order valence-corrected chi connectivity index (χ4v) is 5.13. The number of carbonyl (C=O) groups excluding carboxylic acids is 1. The third-order valence-electron chi connectivity index (χ3n) is 7.21. The van der Waals surface area contributed by atoms with Gasteiger partial charge in [-0.25, -0.2) is 19.3 Å². The van der Waals surface area contributed by atoms with E-state index in [0.29, 0.717) is 45.3 Å². The molecule has 3 aliphatic heterocycles. The molecule has 5 heterocycles. The summed E-state index contributed by atoms with van der Waals surface area (Å²) in [5.41, 5.74) is 12.4. The molecular weight excluding hydrogens is 453 g/mol. The summed E-state index contributed by atoms with van der Waals surface area (Å²) in [6, 6.07) is 0. The van der Waals surface area contributed by atoms with Gasteiger partial charge in [0.25, 0.3) is 0 Å². The highest BCUT2D eigenvalue weighted by Gasteiger charge is 2.47. The Morgan fingerprint density at radius 3 is 2.60 bits per heavy atom. The number of alkyl halides is 1. The molecule has 2 saturated heterocycles. The van der Waals surface area contributed by atoms with Crippen molar-refractivity contribution in [1.29, 1.82) is 0 Å². The third kappa shape index (κ3) is 4.25. The number of nitrogens with zero attached hydrogens (tertiary/aromatic N) is 7. The minimum absolute atomic E-state index is 0.206. The highest BCUT2D eigenvalue weighted by Crippen LogP contribution is 2.41. The molecule has 0 radical (unpaired) electrons. The molecule has 2 atom stereocenters. The van der Waals surface area contributed by atoms with Gasteiger partial charge in [0.1, 0.15) is 18.0 Å². The number of carbonyl (C=O) groups is 1. The Bertz CT molecular complexity index is 1110. The highest BCUT2D eigenvalue weighted by atomic mass is 19.1. The zero-order valence-electron chi connectivity index (χ0n) is 20.2. The maximum Gasteiger partial charge on any atom is 0.245 e. The molecule has 0 aromatic carbocycles. The van der Waals surface area contributed by atoms with Gasteiger partial charge in [-0.3, -0.25) is 4.79 Å². The fourth-order valence-electron chi connectivity index (χ4n) is 5.13. The van der Waals surface area contributed by atoms with Crippen LogP contribution >= 0.6 is 0 Å². The van der Waals surface area contributed by atoms with E-state index in [0.717, 1.165) is 42.0 Å². The molecule has 12 heteroatoms. The number of fused-ring (bicyclic) bond motifs is 1. The molecule has 11 nitrogen and oxygen atoms in total. The van der Waals surface area contributed by atoms with Gasteiger partial charge in [-0.15, -0.1) is 0 Å². The molecule has 0 spiro atoms. The predicted molar refractivity (Wildman–Crippen MR) is 130 cm³/mol. The number of anilines is 3. The molecule has 0 saturated carbocycles. The van der Waals surface area contributed by atoms with Crippen LogP contribution < -0.4 is 21.3 Å². The Hall–Kier alpha value is -3.12. The minimum atomic E-state index is -1.51. The zero-order valence-corrected chi connectivity index (χ0v) is 20.2. The standard InChI is InChI=1S/C23H32FN9O2/c1-22(4-6-32(14-22)19(34)23(2,26)13-24)33-5-3-16-17(15-11-27-20(25)28-12-15)29-21(30-18(16)33)31-7-9-35-10-8-31/h11-12H,3-10,13-14,26H2,1-2H3,(H2,25,27,28)/t22-,23?/m0/s1. The molecule has 35 heavy (non-hydrogen) atoms. The van der Waals surface area contributed by atoms with Crippen molar-refractivity contribution in [3.05, 3.63) is 18.0 Å². The summed E-state index contributed by atoms with van der Waals surface area (Å²) >= 11 is 0. The molecule has 1 unspecified atom stereocenters. The number of likely N-dealkylation sites (tertiary alicyclic amines) is 1. The predicted octanol–water partition coefficient (Wildman–Crippen LogP) is 0.393. The summed E-state index contributed by atoms with van der Waals surface area (Å²) in [4.78, 5) is 37.2. The van der Waals surface area contributed by atoms with E-state index >= 15 is 0 Å². The Kier molecular flexibility index (Phi) is 5.96. The van der Waals surface area contributed by atoms with Gasteiger partial charge in [0, 0.05) is 56.2 Å². The van der Waals surface area contributed by atoms with Crippen LogP contribution in [0, 0.1) is 0 Å². The largest absolute Gasteiger partial charge is 0.378 e. The van der Waals surface area contributed by atoms with E-state index < -0.39 is 12.2 Å². The summed E-state index contributed by atoms with van der Waals surface area (Å²) in [6.45, 7) is 7.03. The van der Waals surface area contributed by atoms with Crippen molar-refractivity contribution in [3.8, 4) is 11.3 Å². The van der Waals surface area contributed by atoms with Crippen molar-refractivity contribution in [1.82, 2.24) is 24.8 Å². The average Bonchev–Trinajstić information content (AvgIpc) is 3.49. The molecule has 0 aliphatic carbocycles. The second-order valence-electron chi connectivity index (χ2n) is 10.0. The lowest BCUT2D eigenvalue weighted by Gasteiger charge is -2.38. The molecule has 2 aromatic heterocycles. The van der Waals surface area contributed by atoms with Crippen LogP contribution in [-0.2, 0) is 16.0 Å². The van der Waals surface area contributed by atoms with Crippen molar-refractivity contribution < 1.29 is 13.9 Å². The first kappa shape index (κ1) is 23.6. The molecular formula is C23H32FN9O2. The second kappa shape index (κ2) is 8.83. The average molecular weight is 486 g/mol. The normalized spacial score (nSPS) is 23.9. The first-order chi connectivity index (χ1) is 16.7. The van der Waals surface area contributed by atoms with Gasteiger partial charge < -0.3 is 30.9 Å². The summed E-state index contributed by atoms with van der Waals surface area (Å²) in [6.07, 6.45) is 4.86. The zero-order chi connectivity index (χ0) is 24.8. The monoisotopic (exact) mass is 485 g/mol. The van der Waals surface area contributed by atoms with E-state index in [1.54, 1.807) is 17.3 Å².